The minimum absolute atomic E-state index is 0.00392. The number of anilines is 1. The number of nitrogens with zero attached hydrogens (tertiary/aromatic N) is 3. The number of carbonyl (C=O) groups is 1. The smallest absolute Gasteiger partial charge is 0.257 e. The number of nitrogens with two attached hydrogens (primary N) is 1. The van der Waals surface area contributed by atoms with Crippen molar-refractivity contribution in [2.75, 3.05) is 11.9 Å². The maximum atomic E-state index is 14.3. The van der Waals surface area contributed by atoms with Crippen LogP contribution in [0.3, 0.4) is 0 Å². The maximum Gasteiger partial charge on any atom is 0.257 e. The zero-order valence-corrected chi connectivity index (χ0v) is 16.3. The van der Waals surface area contributed by atoms with Gasteiger partial charge in [0.15, 0.2) is 0 Å². The lowest BCUT2D eigenvalue weighted by Crippen LogP contribution is -2.39. The Kier molecular flexibility index (Phi) is 6.94. The Balaban J connectivity index is 1.66. The zero-order valence-electron chi connectivity index (χ0n) is 16.3. The van der Waals surface area contributed by atoms with Gasteiger partial charge in [0, 0.05) is 19.3 Å². The van der Waals surface area contributed by atoms with E-state index in [-0.39, 0.29) is 55.5 Å². The number of amidine groups is 1. The molecule has 30 heavy (non-hydrogen) atoms. The largest absolute Gasteiger partial charge is 0.321 e. The van der Waals surface area contributed by atoms with Gasteiger partial charge in [0.25, 0.3) is 12.4 Å². The van der Waals surface area contributed by atoms with Crippen LogP contribution in [0.15, 0.2) is 11.2 Å². The van der Waals surface area contributed by atoms with Gasteiger partial charge in [-0.3, -0.25) is 14.5 Å². The highest BCUT2D eigenvalue weighted by Crippen LogP contribution is 2.41. The Bertz CT molecular complexity index is 769. The van der Waals surface area contributed by atoms with Crippen molar-refractivity contribution in [3.63, 3.8) is 0 Å². The summed E-state index contributed by atoms with van der Waals surface area (Å²) in [6, 6.07) is -0.658. The number of rotatable bonds is 8. The molecular weight excluding hydrogens is 411 g/mol. The first kappa shape index (κ1) is 22.4. The van der Waals surface area contributed by atoms with Crippen LogP contribution in [0.4, 0.5) is 27.6 Å². The SMILES string of the molecule is NNC(=NCC(F)F)C(C1CC1)n1cc(NC(=O)CC2CCC(F)(F)CC2)c(F)n1. The molecule has 1 aromatic rings. The van der Waals surface area contributed by atoms with E-state index in [1.54, 1.807) is 0 Å². The van der Waals surface area contributed by atoms with Crippen LogP contribution in [0.1, 0.15) is 51.0 Å². The molecule has 2 fully saturated rings. The van der Waals surface area contributed by atoms with Crippen LogP contribution in [-0.4, -0.2) is 40.4 Å². The van der Waals surface area contributed by atoms with Crippen LogP contribution in [0.5, 0.6) is 0 Å². The molecule has 2 saturated carbocycles. The molecule has 1 aromatic heterocycles. The van der Waals surface area contributed by atoms with Crippen LogP contribution in [0.25, 0.3) is 0 Å². The molecule has 3 rings (SSSR count). The van der Waals surface area contributed by atoms with Crippen molar-refractivity contribution in [1.82, 2.24) is 15.2 Å². The number of hydrazine groups is 1. The molecule has 1 atom stereocenters. The molecule has 4 N–H and O–H groups in total. The summed E-state index contributed by atoms with van der Waals surface area (Å²) in [6.07, 6.45) is 0.122. The Labute approximate surface area is 170 Å². The summed E-state index contributed by atoms with van der Waals surface area (Å²) in [5.74, 6) is 1.20. The number of nitrogens with one attached hydrogen (secondary N) is 2. The molecular formula is C18H25F5N6O. The van der Waals surface area contributed by atoms with E-state index in [1.165, 1.54) is 10.9 Å². The van der Waals surface area contributed by atoms with Gasteiger partial charge >= 0.3 is 0 Å². The minimum Gasteiger partial charge on any atom is -0.321 e. The summed E-state index contributed by atoms with van der Waals surface area (Å²) < 4.78 is 67.0. The topological polar surface area (TPSA) is 97.3 Å². The first-order valence-electron chi connectivity index (χ1n) is 9.90. The number of hydrogen-bond acceptors (Lipinski definition) is 4. The highest BCUT2D eigenvalue weighted by Gasteiger charge is 2.38. The van der Waals surface area contributed by atoms with E-state index in [2.05, 4.69) is 20.8 Å². The van der Waals surface area contributed by atoms with Crippen molar-refractivity contribution < 1.29 is 26.7 Å². The van der Waals surface area contributed by atoms with Gasteiger partial charge < -0.3 is 10.7 Å². The molecule has 7 nitrogen and oxygen atoms in total. The molecule has 12 heteroatoms. The van der Waals surface area contributed by atoms with Crippen molar-refractivity contribution in [2.24, 2.45) is 22.7 Å². The highest BCUT2D eigenvalue weighted by atomic mass is 19.3. The van der Waals surface area contributed by atoms with Gasteiger partial charge in [0.2, 0.25) is 11.8 Å². The molecule has 1 unspecified atom stereocenters. The molecule has 0 spiro atoms. The summed E-state index contributed by atoms with van der Waals surface area (Å²) in [5.41, 5.74) is 2.12. The van der Waals surface area contributed by atoms with E-state index in [1.807, 2.05) is 0 Å². The molecule has 0 saturated heterocycles. The lowest BCUT2D eigenvalue weighted by atomic mass is 9.84. The number of aromatic nitrogens is 2. The van der Waals surface area contributed by atoms with E-state index in [0.29, 0.717) is 0 Å². The quantitative estimate of drug-likeness (QED) is 0.192. The number of alkyl halides is 4. The number of aliphatic imine (C=N–C) groups is 1. The highest BCUT2D eigenvalue weighted by molar-refractivity contribution is 5.91. The van der Waals surface area contributed by atoms with Crippen LogP contribution in [-0.2, 0) is 4.79 Å². The third kappa shape index (κ3) is 5.89. The normalized spacial score (nSPS) is 21.0. The Morgan fingerprint density at radius 3 is 2.53 bits per heavy atom. The average molecular weight is 436 g/mol. The second-order valence-electron chi connectivity index (χ2n) is 7.91. The summed E-state index contributed by atoms with van der Waals surface area (Å²) >= 11 is 0. The van der Waals surface area contributed by atoms with Crippen molar-refractivity contribution in [2.45, 2.75) is 63.3 Å². The first-order valence-corrected chi connectivity index (χ1v) is 9.90. The Morgan fingerprint density at radius 2 is 1.97 bits per heavy atom. The Hall–Kier alpha value is -2.24. The monoisotopic (exact) mass is 436 g/mol. The third-order valence-corrected chi connectivity index (χ3v) is 5.45. The fourth-order valence-electron chi connectivity index (χ4n) is 3.73. The molecule has 2 aliphatic carbocycles. The van der Waals surface area contributed by atoms with Gasteiger partial charge in [-0.15, -0.1) is 5.10 Å². The fraction of sp³-hybridized carbons (Fsp3) is 0.722. The van der Waals surface area contributed by atoms with Crippen LogP contribution in [0, 0.1) is 17.8 Å². The summed E-state index contributed by atoms with van der Waals surface area (Å²) in [4.78, 5) is 16.0. The van der Waals surface area contributed by atoms with Gasteiger partial charge in [-0.1, -0.05) is 0 Å². The standard InChI is InChI=1S/C18H25F5N6O/c19-13(20)8-25-17(27-24)15(11-1-2-11)29-9-12(16(21)28-29)26-14(30)7-10-3-5-18(22,23)6-4-10/h9-11,13,15H,1-8,24H2,(H,25,27)(H,26,30). The average Bonchev–Trinajstić information content (AvgIpc) is 3.44. The molecule has 0 bridgehead atoms. The fourth-order valence-corrected chi connectivity index (χ4v) is 3.73. The van der Waals surface area contributed by atoms with Crippen molar-refractivity contribution in [3.05, 3.63) is 12.1 Å². The third-order valence-electron chi connectivity index (χ3n) is 5.45. The zero-order chi connectivity index (χ0) is 21.9. The molecule has 0 radical (unpaired) electrons. The second kappa shape index (κ2) is 9.27. The van der Waals surface area contributed by atoms with E-state index in [0.717, 1.165) is 12.8 Å². The van der Waals surface area contributed by atoms with Gasteiger partial charge in [-0.2, -0.15) is 4.39 Å². The van der Waals surface area contributed by atoms with Gasteiger partial charge in [-0.25, -0.2) is 23.4 Å². The molecule has 0 aromatic carbocycles. The molecule has 168 valence electrons. The van der Waals surface area contributed by atoms with Crippen LogP contribution in [0.2, 0.25) is 0 Å². The Morgan fingerprint density at radius 1 is 1.30 bits per heavy atom. The van der Waals surface area contributed by atoms with Gasteiger partial charge in [0.1, 0.15) is 24.1 Å². The lowest BCUT2D eigenvalue weighted by molar-refractivity contribution is -0.118. The molecule has 0 aliphatic heterocycles. The summed E-state index contributed by atoms with van der Waals surface area (Å²) in [5, 5.41) is 6.18. The van der Waals surface area contributed by atoms with Gasteiger partial charge in [-0.05, 0) is 37.5 Å². The number of carbonyl (C=O) groups excluding carboxylic acids is 1. The van der Waals surface area contributed by atoms with E-state index in [4.69, 9.17) is 5.84 Å². The number of amides is 1. The minimum atomic E-state index is -2.68. The molecule has 2 aliphatic rings. The van der Waals surface area contributed by atoms with Crippen LogP contribution < -0.4 is 16.6 Å². The van der Waals surface area contributed by atoms with E-state index >= 15 is 0 Å². The number of halogens is 5. The predicted octanol–water partition coefficient (Wildman–Crippen LogP) is 3.25. The van der Waals surface area contributed by atoms with Gasteiger partial charge in [0.05, 0.1) is 6.20 Å². The first-order chi connectivity index (χ1) is 14.2. The second-order valence-corrected chi connectivity index (χ2v) is 7.91. The summed E-state index contributed by atoms with van der Waals surface area (Å²) in [6.45, 7) is -0.753. The van der Waals surface area contributed by atoms with Crippen molar-refractivity contribution in [1.29, 1.82) is 0 Å². The lowest BCUT2D eigenvalue weighted by Gasteiger charge is -2.27. The van der Waals surface area contributed by atoms with Crippen molar-refractivity contribution in [3.8, 4) is 0 Å². The number of hydrogen-bond donors (Lipinski definition) is 3. The molecule has 1 amide bonds. The van der Waals surface area contributed by atoms with Crippen LogP contribution >= 0.6 is 0 Å². The van der Waals surface area contributed by atoms with Crippen molar-refractivity contribution >= 4 is 17.4 Å². The predicted molar refractivity (Wildman–Crippen MR) is 99.7 cm³/mol. The summed E-state index contributed by atoms with van der Waals surface area (Å²) in [7, 11) is 0. The molecule has 1 heterocycles. The van der Waals surface area contributed by atoms with E-state index < -0.39 is 36.8 Å². The van der Waals surface area contributed by atoms with E-state index in [9.17, 15) is 26.7 Å². The maximum absolute atomic E-state index is 14.3.